The second-order valence-corrected chi connectivity index (χ2v) is 7.69. The van der Waals surface area contributed by atoms with E-state index in [-0.39, 0.29) is 17.4 Å². The Morgan fingerprint density at radius 1 is 1.15 bits per heavy atom. The number of piperidine rings is 2. The predicted octanol–water partition coefficient (Wildman–Crippen LogP) is 3.83. The Morgan fingerprint density at radius 3 is 2.58 bits per heavy atom. The Labute approximate surface area is 156 Å². The number of hydrogen-bond acceptors (Lipinski definition) is 3. The summed E-state index contributed by atoms with van der Waals surface area (Å²) in [5, 5.41) is 0. The molecule has 0 aliphatic carbocycles. The van der Waals surface area contributed by atoms with E-state index < -0.39 is 0 Å². The first-order valence-electron chi connectivity index (χ1n) is 9.85. The summed E-state index contributed by atoms with van der Waals surface area (Å²) in [6.45, 7) is 5.56. The summed E-state index contributed by atoms with van der Waals surface area (Å²) in [6.07, 6.45) is 5.23. The van der Waals surface area contributed by atoms with Gasteiger partial charge in [-0.05, 0) is 36.7 Å². The fourth-order valence-corrected chi connectivity index (χ4v) is 4.02. The molecule has 26 heavy (non-hydrogen) atoms. The van der Waals surface area contributed by atoms with E-state index in [2.05, 4.69) is 19.1 Å². The molecule has 1 aromatic rings. The minimum Gasteiger partial charge on any atom is -0.449 e. The summed E-state index contributed by atoms with van der Waals surface area (Å²) in [6, 6.07) is 10.2. The van der Waals surface area contributed by atoms with Gasteiger partial charge in [-0.25, -0.2) is 4.79 Å². The van der Waals surface area contributed by atoms with Gasteiger partial charge in [-0.1, -0.05) is 43.7 Å². The van der Waals surface area contributed by atoms with Crippen LogP contribution in [-0.2, 0) is 16.1 Å². The van der Waals surface area contributed by atoms with Crippen molar-refractivity contribution in [3.05, 3.63) is 35.9 Å². The van der Waals surface area contributed by atoms with Crippen LogP contribution in [0.4, 0.5) is 4.79 Å². The van der Waals surface area contributed by atoms with Crippen molar-refractivity contribution in [1.82, 2.24) is 9.80 Å². The third-order valence-electron chi connectivity index (χ3n) is 5.77. The van der Waals surface area contributed by atoms with Gasteiger partial charge in [0.1, 0.15) is 0 Å². The topological polar surface area (TPSA) is 49.9 Å². The van der Waals surface area contributed by atoms with Crippen LogP contribution >= 0.6 is 0 Å². The maximum atomic E-state index is 12.4. The molecule has 3 rings (SSSR count). The predicted molar refractivity (Wildman–Crippen MR) is 101 cm³/mol. The van der Waals surface area contributed by atoms with Crippen LogP contribution in [0.15, 0.2) is 30.3 Å². The fraction of sp³-hybridized carbons (Fsp3) is 0.619. The maximum Gasteiger partial charge on any atom is 0.409 e. The van der Waals surface area contributed by atoms with E-state index in [4.69, 9.17) is 4.74 Å². The summed E-state index contributed by atoms with van der Waals surface area (Å²) in [4.78, 5) is 28.4. The molecule has 0 aromatic heterocycles. The van der Waals surface area contributed by atoms with Gasteiger partial charge in [-0.15, -0.1) is 0 Å². The van der Waals surface area contributed by atoms with Gasteiger partial charge in [0.05, 0.1) is 6.61 Å². The molecule has 1 aromatic carbocycles. The Bertz CT molecular complexity index is 609. The molecule has 2 fully saturated rings. The molecule has 0 bridgehead atoms. The standard InChI is InChI=1S/C21H30N2O3/c1-2-3-15-26-20(25)22-13-11-21(12-14-22)10-9-19(24)23(17-21)16-18-7-5-4-6-8-18/h4-8H,2-3,9-17H2,1H3. The molecule has 0 unspecified atom stereocenters. The highest BCUT2D eigenvalue weighted by atomic mass is 16.6. The highest BCUT2D eigenvalue weighted by molar-refractivity contribution is 5.77. The van der Waals surface area contributed by atoms with Crippen LogP contribution < -0.4 is 0 Å². The Kier molecular flexibility index (Phi) is 6.17. The largest absolute Gasteiger partial charge is 0.449 e. The molecule has 1 spiro atoms. The zero-order chi connectivity index (χ0) is 18.4. The lowest BCUT2D eigenvalue weighted by molar-refractivity contribution is -0.139. The number of ether oxygens (including phenoxy) is 1. The number of carbonyl (C=O) groups excluding carboxylic acids is 2. The van der Waals surface area contributed by atoms with Gasteiger partial charge in [0, 0.05) is 32.6 Å². The molecule has 0 radical (unpaired) electrons. The molecule has 5 nitrogen and oxygen atoms in total. The van der Waals surface area contributed by atoms with E-state index in [1.807, 2.05) is 28.0 Å². The molecule has 2 aliphatic rings. The number of hydrogen-bond donors (Lipinski definition) is 0. The molecular weight excluding hydrogens is 328 g/mol. The average Bonchev–Trinajstić information content (AvgIpc) is 2.66. The number of likely N-dealkylation sites (tertiary alicyclic amines) is 2. The highest BCUT2D eigenvalue weighted by Gasteiger charge is 2.41. The minimum atomic E-state index is -0.179. The average molecular weight is 358 g/mol. The lowest BCUT2D eigenvalue weighted by Crippen LogP contribution is -2.52. The van der Waals surface area contributed by atoms with Crippen LogP contribution in [0.1, 0.15) is 51.0 Å². The zero-order valence-electron chi connectivity index (χ0n) is 15.8. The molecule has 2 heterocycles. The number of nitrogens with zero attached hydrogens (tertiary/aromatic N) is 2. The van der Waals surface area contributed by atoms with Crippen LogP contribution in [0.3, 0.4) is 0 Å². The fourth-order valence-electron chi connectivity index (χ4n) is 4.02. The minimum absolute atomic E-state index is 0.156. The van der Waals surface area contributed by atoms with Crippen LogP contribution in [0.5, 0.6) is 0 Å². The number of unbranched alkanes of at least 4 members (excludes halogenated alkanes) is 1. The third-order valence-corrected chi connectivity index (χ3v) is 5.77. The zero-order valence-corrected chi connectivity index (χ0v) is 15.8. The van der Waals surface area contributed by atoms with Crippen molar-refractivity contribution < 1.29 is 14.3 Å². The van der Waals surface area contributed by atoms with Crippen molar-refractivity contribution in [3.63, 3.8) is 0 Å². The second-order valence-electron chi connectivity index (χ2n) is 7.69. The first-order chi connectivity index (χ1) is 12.6. The van der Waals surface area contributed by atoms with E-state index in [0.29, 0.717) is 19.6 Å². The van der Waals surface area contributed by atoms with Gasteiger partial charge in [0.25, 0.3) is 0 Å². The highest BCUT2D eigenvalue weighted by Crippen LogP contribution is 2.40. The van der Waals surface area contributed by atoms with Crippen LogP contribution in [0, 0.1) is 5.41 Å². The smallest absolute Gasteiger partial charge is 0.409 e. The van der Waals surface area contributed by atoms with E-state index in [0.717, 1.165) is 51.7 Å². The Morgan fingerprint density at radius 2 is 1.88 bits per heavy atom. The van der Waals surface area contributed by atoms with Crippen LogP contribution in [0.25, 0.3) is 0 Å². The van der Waals surface area contributed by atoms with Crippen molar-refractivity contribution in [2.24, 2.45) is 5.41 Å². The summed E-state index contributed by atoms with van der Waals surface area (Å²) < 4.78 is 5.34. The van der Waals surface area contributed by atoms with E-state index in [1.165, 1.54) is 5.56 Å². The summed E-state index contributed by atoms with van der Waals surface area (Å²) in [7, 11) is 0. The lowest BCUT2D eigenvalue weighted by atomic mass is 9.72. The van der Waals surface area contributed by atoms with Crippen molar-refractivity contribution >= 4 is 12.0 Å². The lowest BCUT2D eigenvalue weighted by Gasteiger charge is -2.47. The van der Waals surface area contributed by atoms with Crippen molar-refractivity contribution in [1.29, 1.82) is 0 Å². The third kappa shape index (κ3) is 4.57. The molecule has 2 aliphatic heterocycles. The number of benzene rings is 1. The monoisotopic (exact) mass is 358 g/mol. The van der Waals surface area contributed by atoms with E-state index in [9.17, 15) is 9.59 Å². The van der Waals surface area contributed by atoms with Gasteiger partial charge in [-0.3, -0.25) is 4.79 Å². The van der Waals surface area contributed by atoms with Crippen molar-refractivity contribution in [2.45, 2.75) is 52.0 Å². The second kappa shape index (κ2) is 8.56. The van der Waals surface area contributed by atoms with Gasteiger partial charge < -0.3 is 14.5 Å². The van der Waals surface area contributed by atoms with Crippen LogP contribution in [-0.4, -0.2) is 48.0 Å². The molecule has 0 N–H and O–H groups in total. The SMILES string of the molecule is CCCCOC(=O)N1CCC2(CCC(=O)N(Cc3ccccc3)C2)CC1. The summed E-state index contributed by atoms with van der Waals surface area (Å²) in [5.74, 6) is 0.251. The maximum absolute atomic E-state index is 12.4. The van der Waals surface area contributed by atoms with Gasteiger partial charge >= 0.3 is 6.09 Å². The Balaban J connectivity index is 1.54. The summed E-state index contributed by atoms with van der Waals surface area (Å²) >= 11 is 0. The van der Waals surface area contributed by atoms with Gasteiger partial charge in [-0.2, -0.15) is 0 Å². The normalized spacial score (nSPS) is 19.7. The molecule has 0 atom stereocenters. The number of amides is 2. The first-order valence-corrected chi connectivity index (χ1v) is 9.85. The molecule has 142 valence electrons. The van der Waals surface area contributed by atoms with Crippen molar-refractivity contribution in [2.75, 3.05) is 26.2 Å². The first kappa shape index (κ1) is 18.7. The van der Waals surface area contributed by atoms with Gasteiger partial charge in [0.15, 0.2) is 0 Å². The molecule has 0 saturated carbocycles. The molecule has 5 heteroatoms. The Hall–Kier alpha value is -2.04. The molecule has 2 saturated heterocycles. The quantitative estimate of drug-likeness (QED) is 0.752. The van der Waals surface area contributed by atoms with Crippen LogP contribution in [0.2, 0.25) is 0 Å². The van der Waals surface area contributed by atoms with Crippen molar-refractivity contribution in [3.8, 4) is 0 Å². The molecule has 2 amide bonds. The summed E-state index contributed by atoms with van der Waals surface area (Å²) in [5.41, 5.74) is 1.33. The number of rotatable bonds is 5. The van der Waals surface area contributed by atoms with E-state index in [1.54, 1.807) is 0 Å². The van der Waals surface area contributed by atoms with E-state index >= 15 is 0 Å². The van der Waals surface area contributed by atoms with Gasteiger partial charge in [0.2, 0.25) is 5.91 Å². The number of carbonyl (C=O) groups is 2. The molecular formula is C21H30N2O3.